The molecular formula is C36H50N2O6. The summed E-state index contributed by atoms with van der Waals surface area (Å²) >= 11 is 0. The molecule has 8 nitrogen and oxygen atoms in total. The second kappa shape index (κ2) is 15.4. The van der Waals surface area contributed by atoms with Gasteiger partial charge in [-0.1, -0.05) is 85.8 Å². The predicted molar refractivity (Wildman–Crippen MR) is 173 cm³/mol. The van der Waals surface area contributed by atoms with Crippen LogP contribution >= 0.6 is 0 Å². The molecule has 2 amide bonds. The number of nitrogens with two attached hydrogens (primary N) is 1. The second-order valence-corrected chi connectivity index (χ2v) is 12.8. The summed E-state index contributed by atoms with van der Waals surface area (Å²) in [5.41, 5.74) is 8.05. The van der Waals surface area contributed by atoms with E-state index in [2.05, 4.69) is 61.7 Å². The minimum absolute atomic E-state index is 0.00372. The lowest BCUT2D eigenvalue weighted by Crippen LogP contribution is -2.50. The first kappa shape index (κ1) is 34.8. The number of rotatable bonds is 5. The van der Waals surface area contributed by atoms with Gasteiger partial charge in [0.1, 0.15) is 12.2 Å². The van der Waals surface area contributed by atoms with Crippen LogP contribution in [-0.2, 0) is 23.8 Å². The monoisotopic (exact) mass is 606 g/mol. The Labute approximate surface area is 262 Å². The van der Waals surface area contributed by atoms with Gasteiger partial charge >= 0.3 is 12.1 Å². The third-order valence-electron chi connectivity index (χ3n) is 9.08. The highest BCUT2D eigenvalue weighted by Crippen LogP contribution is 2.53. The Morgan fingerprint density at radius 1 is 1.11 bits per heavy atom. The minimum atomic E-state index is -0.772. The summed E-state index contributed by atoms with van der Waals surface area (Å²) in [6, 6.07) is -0.206. The average molecular weight is 607 g/mol. The number of hydrogen-bond donors (Lipinski definition) is 2. The van der Waals surface area contributed by atoms with Gasteiger partial charge in [0.05, 0.1) is 6.10 Å². The quantitative estimate of drug-likeness (QED) is 0.281. The topological polar surface area (TPSA) is 117 Å². The van der Waals surface area contributed by atoms with Crippen molar-refractivity contribution in [1.29, 1.82) is 0 Å². The number of methoxy groups -OCH3 is 1. The molecule has 0 bridgehead atoms. The minimum Gasteiger partial charge on any atom is -0.454 e. The highest BCUT2D eigenvalue weighted by molar-refractivity contribution is 5.82. The maximum Gasteiger partial charge on any atom is 0.404 e. The van der Waals surface area contributed by atoms with Gasteiger partial charge in [-0.25, -0.2) is 9.59 Å². The number of carbonyl (C=O) groups is 3. The molecule has 1 fully saturated rings. The van der Waals surface area contributed by atoms with E-state index in [1.54, 1.807) is 13.2 Å². The zero-order valence-electron chi connectivity index (χ0n) is 27.4. The number of allylic oxidation sites excluding steroid dienone is 9. The van der Waals surface area contributed by atoms with Crippen molar-refractivity contribution >= 4 is 18.0 Å². The molecule has 3 rings (SSSR count). The van der Waals surface area contributed by atoms with E-state index < -0.39 is 18.2 Å². The molecule has 3 aliphatic rings. The van der Waals surface area contributed by atoms with E-state index in [1.807, 2.05) is 39.8 Å². The summed E-state index contributed by atoms with van der Waals surface area (Å²) in [6.07, 6.45) is 21.8. The van der Waals surface area contributed by atoms with Gasteiger partial charge in [-0.2, -0.15) is 0 Å². The SMILES string of the molecule is COC1CC(OC(N)=O)C2C=CC3C=C(C)C=CC(C)C(C(C)=CC(C)NC(C)=O)OC(=O)C=CC=C(C)C=CC3(C)C2C1. The van der Waals surface area contributed by atoms with E-state index in [0.717, 1.165) is 23.1 Å². The van der Waals surface area contributed by atoms with E-state index in [4.69, 9.17) is 19.9 Å². The normalized spacial score (nSPS) is 33.7. The Morgan fingerprint density at radius 2 is 1.84 bits per heavy atom. The standard InChI is InChI=1S/C36H50N2O6/c1-22-10-9-11-33(40)44-34(25(4)19-26(5)38-27(6)39)24(3)13-12-23(2)18-28-14-15-30-31(36(28,7)17-16-22)20-29(42-8)21-32(30)43-35(37)41/h9-19,24,26,28-32,34H,20-21H2,1-8H3,(H2,37,41)(H,38,39). The van der Waals surface area contributed by atoms with Crippen LogP contribution in [0.15, 0.2) is 83.6 Å². The van der Waals surface area contributed by atoms with Crippen molar-refractivity contribution in [3.8, 4) is 0 Å². The number of amides is 2. The molecule has 0 saturated heterocycles. The van der Waals surface area contributed by atoms with Gasteiger partial charge in [0.15, 0.2) is 0 Å². The molecule has 1 aliphatic heterocycles. The number of carbonyl (C=O) groups excluding carboxylic acids is 3. The third kappa shape index (κ3) is 9.18. The fraction of sp³-hybridized carbons (Fsp3) is 0.528. The number of ether oxygens (including phenoxy) is 3. The van der Waals surface area contributed by atoms with E-state index in [9.17, 15) is 14.4 Å². The zero-order valence-corrected chi connectivity index (χ0v) is 27.4. The molecule has 9 unspecified atom stereocenters. The first-order valence-corrected chi connectivity index (χ1v) is 15.5. The molecule has 0 radical (unpaired) electrons. The summed E-state index contributed by atoms with van der Waals surface area (Å²) in [6.45, 7) is 13.6. The molecule has 1 heterocycles. The van der Waals surface area contributed by atoms with Gasteiger partial charge in [-0.05, 0) is 51.0 Å². The molecule has 2 aliphatic carbocycles. The lowest BCUT2D eigenvalue weighted by Gasteiger charge is -2.51. The predicted octanol–water partition coefficient (Wildman–Crippen LogP) is 6.28. The van der Waals surface area contributed by atoms with Crippen molar-refractivity contribution in [2.45, 2.75) is 85.7 Å². The molecule has 0 aromatic rings. The maximum atomic E-state index is 12.9. The van der Waals surface area contributed by atoms with Gasteiger partial charge in [0.2, 0.25) is 5.91 Å². The Bertz CT molecular complexity index is 1290. The van der Waals surface area contributed by atoms with Crippen LogP contribution in [0.4, 0.5) is 4.79 Å². The van der Waals surface area contributed by atoms with Crippen molar-refractivity contribution in [2.24, 2.45) is 34.8 Å². The van der Waals surface area contributed by atoms with Crippen LogP contribution in [0.2, 0.25) is 0 Å². The van der Waals surface area contributed by atoms with Gasteiger partial charge in [0.25, 0.3) is 0 Å². The Morgan fingerprint density at radius 3 is 2.50 bits per heavy atom. The molecule has 0 aromatic heterocycles. The second-order valence-electron chi connectivity index (χ2n) is 12.8. The van der Waals surface area contributed by atoms with Crippen LogP contribution in [0.3, 0.4) is 0 Å². The van der Waals surface area contributed by atoms with Crippen LogP contribution < -0.4 is 11.1 Å². The van der Waals surface area contributed by atoms with Crippen molar-refractivity contribution < 1.29 is 28.6 Å². The van der Waals surface area contributed by atoms with Gasteiger partial charge in [0, 0.05) is 50.3 Å². The highest BCUT2D eigenvalue weighted by atomic mass is 16.6. The lowest BCUT2D eigenvalue weighted by atomic mass is 9.55. The smallest absolute Gasteiger partial charge is 0.404 e. The summed E-state index contributed by atoms with van der Waals surface area (Å²) in [5, 5.41) is 2.86. The molecule has 9 atom stereocenters. The molecule has 1 saturated carbocycles. The fourth-order valence-corrected chi connectivity index (χ4v) is 6.80. The van der Waals surface area contributed by atoms with Crippen LogP contribution in [0.1, 0.15) is 61.3 Å². The molecule has 44 heavy (non-hydrogen) atoms. The fourth-order valence-electron chi connectivity index (χ4n) is 6.80. The van der Waals surface area contributed by atoms with Crippen LogP contribution in [0.25, 0.3) is 0 Å². The summed E-state index contributed by atoms with van der Waals surface area (Å²) < 4.78 is 17.4. The molecule has 8 heteroatoms. The van der Waals surface area contributed by atoms with Crippen LogP contribution in [0.5, 0.6) is 0 Å². The van der Waals surface area contributed by atoms with Crippen molar-refractivity contribution in [1.82, 2.24) is 5.32 Å². The number of nitrogens with one attached hydrogen (secondary N) is 1. The Kier molecular flexibility index (Phi) is 12.2. The first-order chi connectivity index (χ1) is 20.7. The summed E-state index contributed by atoms with van der Waals surface area (Å²) in [7, 11) is 1.70. The lowest BCUT2D eigenvalue weighted by molar-refractivity contribution is -0.142. The number of cyclic esters (lactones) is 1. The van der Waals surface area contributed by atoms with Gasteiger partial charge < -0.3 is 25.3 Å². The molecule has 0 aromatic carbocycles. The largest absolute Gasteiger partial charge is 0.454 e. The highest BCUT2D eigenvalue weighted by Gasteiger charge is 2.50. The maximum absolute atomic E-state index is 12.9. The number of fused-ring (bicyclic) bond motifs is 3. The van der Waals surface area contributed by atoms with Gasteiger partial charge in [-0.15, -0.1) is 0 Å². The average Bonchev–Trinajstić information content (AvgIpc) is 2.93. The summed E-state index contributed by atoms with van der Waals surface area (Å²) in [5.74, 6) is -0.501. The van der Waals surface area contributed by atoms with Crippen molar-refractivity contribution in [3.05, 3.63) is 83.6 Å². The van der Waals surface area contributed by atoms with Gasteiger partial charge in [-0.3, -0.25) is 4.79 Å². The first-order valence-electron chi connectivity index (χ1n) is 15.5. The van der Waals surface area contributed by atoms with E-state index >= 15 is 0 Å². The van der Waals surface area contributed by atoms with Crippen molar-refractivity contribution in [2.75, 3.05) is 7.11 Å². The van der Waals surface area contributed by atoms with Crippen molar-refractivity contribution in [3.63, 3.8) is 0 Å². The molecule has 240 valence electrons. The molecule has 0 spiro atoms. The molecular weight excluding hydrogens is 556 g/mol. The Hall–Kier alpha value is -3.65. The third-order valence-corrected chi connectivity index (χ3v) is 9.08. The van der Waals surface area contributed by atoms with Crippen LogP contribution in [0, 0.1) is 29.1 Å². The Balaban J connectivity index is 2.07. The van der Waals surface area contributed by atoms with E-state index in [1.165, 1.54) is 13.0 Å². The number of primary amides is 1. The van der Waals surface area contributed by atoms with E-state index in [0.29, 0.717) is 6.42 Å². The van der Waals surface area contributed by atoms with Crippen LogP contribution in [-0.4, -0.2) is 49.4 Å². The number of hydrogen-bond acceptors (Lipinski definition) is 6. The number of esters is 1. The zero-order chi connectivity index (χ0) is 32.6. The summed E-state index contributed by atoms with van der Waals surface area (Å²) in [4.78, 5) is 36.2. The molecule has 3 N–H and O–H groups in total. The van der Waals surface area contributed by atoms with E-state index in [-0.39, 0.29) is 53.2 Å².